The van der Waals surface area contributed by atoms with Crippen molar-refractivity contribution in [2.45, 2.75) is 45.4 Å². The van der Waals surface area contributed by atoms with Gasteiger partial charge in [-0.3, -0.25) is 18.9 Å². The zero-order valence-corrected chi connectivity index (χ0v) is 21.3. The van der Waals surface area contributed by atoms with Crippen LogP contribution in [0.3, 0.4) is 0 Å². The zero-order chi connectivity index (χ0) is 26.4. The molecule has 35 heavy (non-hydrogen) atoms. The first-order chi connectivity index (χ1) is 16.5. The Balaban J connectivity index is 2.89. The molecule has 3 unspecified atom stereocenters. The molecule has 1 aromatic rings. The van der Waals surface area contributed by atoms with E-state index < -0.39 is 44.1 Å². The monoisotopic (exact) mass is 517 g/mol. The summed E-state index contributed by atoms with van der Waals surface area (Å²) < 4.78 is 48.6. The van der Waals surface area contributed by atoms with Gasteiger partial charge in [0.15, 0.2) is 0 Å². The average Bonchev–Trinajstić information content (AvgIpc) is 2.83. The summed E-state index contributed by atoms with van der Waals surface area (Å²) in [5.74, 6) is -2.53. The molecule has 3 atom stereocenters. The predicted octanol–water partition coefficient (Wildman–Crippen LogP) is 2.54. The number of carbonyl (C=O) groups is 3. The second-order valence-electron chi connectivity index (χ2n) is 7.62. The van der Waals surface area contributed by atoms with E-state index in [4.69, 9.17) is 18.5 Å². The van der Waals surface area contributed by atoms with Gasteiger partial charge in [-0.1, -0.05) is 18.2 Å². The molecule has 0 bridgehead atoms. The van der Waals surface area contributed by atoms with Crippen molar-refractivity contribution in [1.29, 1.82) is 0 Å². The van der Waals surface area contributed by atoms with E-state index in [0.29, 0.717) is 6.41 Å². The minimum atomic E-state index is -4.06. The van der Waals surface area contributed by atoms with E-state index in [9.17, 15) is 23.3 Å². The molecule has 0 radical (unpaired) electrons. The molecule has 0 fully saturated rings. The number of halogens is 1. The number of hydrogen-bond donors (Lipinski definition) is 2. The maximum absolute atomic E-state index is 13.8. The van der Waals surface area contributed by atoms with Crippen LogP contribution in [0, 0.1) is 0 Å². The van der Waals surface area contributed by atoms with Crippen LogP contribution in [0.25, 0.3) is 0 Å². The third kappa shape index (κ3) is 11.5. The second kappa shape index (κ2) is 15.3. The van der Waals surface area contributed by atoms with Crippen LogP contribution in [-0.4, -0.2) is 68.7 Å². The molecule has 0 aliphatic rings. The molecular weight excluding hydrogens is 484 g/mol. The van der Waals surface area contributed by atoms with Crippen molar-refractivity contribution in [3.05, 3.63) is 42.4 Å². The highest BCUT2D eigenvalue weighted by Gasteiger charge is 2.30. The Morgan fingerprint density at radius 1 is 1.20 bits per heavy atom. The molecular formula is C22H33FN3O8P. The molecule has 1 aromatic carbocycles. The number of nitrogens with one attached hydrogen (secondary N) is 2. The van der Waals surface area contributed by atoms with Gasteiger partial charge in [-0.2, -0.15) is 4.39 Å². The average molecular weight is 517 g/mol. The largest absolute Gasteiger partial charge is 0.462 e. The van der Waals surface area contributed by atoms with E-state index in [0.717, 1.165) is 11.1 Å². The maximum Gasteiger partial charge on any atom is 0.459 e. The van der Waals surface area contributed by atoms with Gasteiger partial charge < -0.3 is 24.2 Å². The van der Waals surface area contributed by atoms with Gasteiger partial charge in [0, 0.05) is 26.4 Å². The van der Waals surface area contributed by atoms with Crippen molar-refractivity contribution in [3.63, 3.8) is 0 Å². The Hall–Kier alpha value is -2.79. The number of methoxy groups -OCH3 is 1. The Morgan fingerprint density at radius 2 is 1.86 bits per heavy atom. The molecule has 11 nitrogen and oxygen atoms in total. The molecule has 0 saturated carbocycles. The molecule has 196 valence electrons. The highest BCUT2D eigenvalue weighted by atomic mass is 31.2. The van der Waals surface area contributed by atoms with Crippen molar-refractivity contribution in [3.8, 4) is 5.75 Å². The fourth-order valence-electron chi connectivity index (χ4n) is 2.68. The van der Waals surface area contributed by atoms with E-state index in [1.807, 2.05) is 0 Å². The number of ether oxygens (including phenoxy) is 2. The van der Waals surface area contributed by atoms with Gasteiger partial charge in [-0.05, 0) is 39.3 Å². The van der Waals surface area contributed by atoms with Gasteiger partial charge in [0.1, 0.15) is 12.3 Å². The summed E-state index contributed by atoms with van der Waals surface area (Å²) in [5.41, 5.74) is 0. The number of rotatable bonds is 16. The lowest BCUT2D eigenvalue weighted by atomic mass is 10.1. The lowest BCUT2D eigenvalue weighted by Crippen LogP contribution is -2.34. The van der Waals surface area contributed by atoms with Crippen LogP contribution in [0.2, 0.25) is 0 Å². The van der Waals surface area contributed by atoms with Crippen molar-refractivity contribution in [2.24, 2.45) is 0 Å². The van der Waals surface area contributed by atoms with Crippen LogP contribution in [0.4, 0.5) is 4.39 Å². The summed E-state index contributed by atoms with van der Waals surface area (Å²) in [6.45, 7) is 4.27. The van der Waals surface area contributed by atoms with Gasteiger partial charge >= 0.3 is 13.7 Å². The third-order valence-corrected chi connectivity index (χ3v) is 5.94. The van der Waals surface area contributed by atoms with E-state index in [1.54, 1.807) is 51.1 Å². The number of carbonyl (C=O) groups excluding carboxylic acids is 3. The predicted molar refractivity (Wildman–Crippen MR) is 126 cm³/mol. The summed E-state index contributed by atoms with van der Waals surface area (Å²) in [4.78, 5) is 35.7. The highest BCUT2D eigenvalue weighted by molar-refractivity contribution is 7.52. The molecule has 0 aliphatic carbocycles. The Morgan fingerprint density at radius 3 is 2.40 bits per heavy atom. The molecule has 0 saturated heterocycles. The Kier molecular flexibility index (Phi) is 13.2. The molecule has 2 amide bonds. The van der Waals surface area contributed by atoms with E-state index in [1.165, 1.54) is 14.2 Å². The smallest absolute Gasteiger partial charge is 0.459 e. The van der Waals surface area contributed by atoms with E-state index in [-0.39, 0.29) is 24.9 Å². The van der Waals surface area contributed by atoms with Gasteiger partial charge in [-0.25, -0.2) is 9.65 Å². The minimum absolute atomic E-state index is 0.132. The molecule has 1 rings (SSSR count). The molecule has 2 N–H and O–H groups in total. The topological polar surface area (TPSA) is 132 Å². The summed E-state index contributed by atoms with van der Waals surface area (Å²) >= 11 is 0. The lowest BCUT2D eigenvalue weighted by Gasteiger charge is -2.27. The maximum atomic E-state index is 13.8. The summed E-state index contributed by atoms with van der Waals surface area (Å²) in [7, 11) is -1.42. The van der Waals surface area contributed by atoms with Crippen LogP contribution in [0.15, 0.2) is 42.4 Å². The van der Waals surface area contributed by atoms with Crippen molar-refractivity contribution in [1.82, 2.24) is 15.3 Å². The minimum Gasteiger partial charge on any atom is -0.462 e. The van der Waals surface area contributed by atoms with Crippen molar-refractivity contribution >= 4 is 26.0 Å². The van der Waals surface area contributed by atoms with Gasteiger partial charge in [0.25, 0.3) is 5.91 Å². The van der Waals surface area contributed by atoms with Crippen LogP contribution >= 0.6 is 7.75 Å². The molecule has 0 heterocycles. The number of likely N-dealkylation sites (N-methyl/N-ethyl adjacent to an activating group) is 1. The van der Waals surface area contributed by atoms with Crippen LogP contribution in [0.1, 0.15) is 27.2 Å². The van der Waals surface area contributed by atoms with Gasteiger partial charge in [0.2, 0.25) is 12.2 Å². The third-order valence-electron chi connectivity index (χ3n) is 4.46. The zero-order valence-electron chi connectivity index (χ0n) is 20.4. The van der Waals surface area contributed by atoms with Crippen LogP contribution in [0.5, 0.6) is 5.75 Å². The first kappa shape index (κ1) is 30.2. The number of nitrogens with zero attached hydrogens (tertiary/aromatic N) is 1. The summed E-state index contributed by atoms with van der Waals surface area (Å²) in [5, 5.41) is 4.59. The quantitative estimate of drug-likeness (QED) is 0.147. The van der Waals surface area contributed by atoms with E-state index in [2.05, 4.69) is 10.4 Å². The SMILES string of the molecule is CNC(=O)/C(F)=C\N(C=O)C(C)CC(COP(=O)(NCC(=O)OC(C)C)Oc1ccccc1)OC. The van der Waals surface area contributed by atoms with Gasteiger partial charge in [0.05, 0.1) is 18.8 Å². The number of esters is 1. The molecule has 0 spiro atoms. The highest BCUT2D eigenvalue weighted by Crippen LogP contribution is 2.44. The first-order valence-electron chi connectivity index (χ1n) is 10.8. The fraction of sp³-hybridized carbons (Fsp3) is 0.500. The van der Waals surface area contributed by atoms with Crippen LogP contribution in [-0.2, 0) is 32.9 Å². The van der Waals surface area contributed by atoms with Crippen molar-refractivity contribution < 1.29 is 41.9 Å². The lowest BCUT2D eigenvalue weighted by molar-refractivity contribution is -0.146. The first-order valence-corrected chi connectivity index (χ1v) is 12.4. The van der Waals surface area contributed by atoms with E-state index >= 15 is 0 Å². The summed E-state index contributed by atoms with van der Waals surface area (Å²) in [6.07, 6.45) is 0.206. The number of amides is 2. The fourth-order valence-corrected chi connectivity index (χ4v) is 3.97. The number of hydrogen-bond acceptors (Lipinski definition) is 8. The van der Waals surface area contributed by atoms with Crippen molar-refractivity contribution in [2.75, 3.05) is 27.3 Å². The van der Waals surface area contributed by atoms with Crippen LogP contribution < -0.4 is 14.9 Å². The Labute approximate surface area is 204 Å². The molecule has 0 aromatic heterocycles. The Bertz CT molecular complexity index is 900. The summed E-state index contributed by atoms with van der Waals surface area (Å²) in [6, 6.07) is 7.61. The molecule has 13 heteroatoms. The molecule has 0 aliphatic heterocycles. The van der Waals surface area contributed by atoms with Gasteiger partial charge in [-0.15, -0.1) is 0 Å². The number of benzene rings is 1. The normalized spacial score (nSPS) is 15.0. The number of para-hydroxylation sites is 1. The standard InChI is InChI=1S/C22H33FN3O8P/c1-16(2)33-21(28)12-25-35(30,34-18-9-7-6-8-10-18)32-14-19(31-5)11-17(3)26(15-27)13-20(23)22(29)24-4/h6-10,13,15-17,19H,11-12,14H2,1-5H3,(H,24,29)(H,25,30)/b20-13+. The second-order valence-corrected chi connectivity index (χ2v) is 9.37.